The van der Waals surface area contributed by atoms with E-state index in [9.17, 15) is 0 Å². The quantitative estimate of drug-likeness (QED) is 0.885. The smallest absolute Gasteiger partial charge is 0.203 e. The summed E-state index contributed by atoms with van der Waals surface area (Å²) >= 11 is 1.86. The van der Waals surface area contributed by atoms with E-state index in [1.54, 1.807) is 0 Å². The molecule has 4 heteroatoms. The van der Waals surface area contributed by atoms with Gasteiger partial charge in [0.25, 0.3) is 0 Å². The van der Waals surface area contributed by atoms with Crippen molar-refractivity contribution in [3.8, 4) is 0 Å². The Kier molecular flexibility index (Phi) is 4.10. The van der Waals surface area contributed by atoms with Gasteiger partial charge in [0.1, 0.15) is 0 Å². The summed E-state index contributed by atoms with van der Waals surface area (Å²) in [6, 6.07) is 5.02. The molecule has 0 saturated heterocycles. The Morgan fingerprint density at radius 2 is 2.05 bits per heavy atom. The van der Waals surface area contributed by atoms with Crippen LogP contribution in [-0.4, -0.2) is 9.55 Å². The van der Waals surface area contributed by atoms with Crippen molar-refractivity contribution in [3.05, 3.63) is 33.8 Å². The van der Waals surface area contributed by atoms with Crippen molar-refractivity contribution < 1.29 is 0 Å². The topological polar surface area (TPSA) is 29.9 Å². The summed E-state index contributed by atoms with van der Waals surface area (Å²) in [5, 5.41) is 3.52. The number of anilines is 1. The first kappa shape index (κ1) is 13.7. The van der Waals surface area contributed by atoms with E-state index in [4.69, 9.17) is 0 Å². The Labute approximate surface area is 125 Å². The zero-order chi connectivity index (χ0) is 13.9. The van der Waals surface area contributed by atoms with Gasteiger partial charge in [0.15, 0.2) is 0 Å². The van der Waals surface area contributed by atoms with E-state index in [0.717, 1.165) is 18.2 Å². The standard InChI is InChI=1S/C16H23N3S/c1-12-11-19(14-6-4-3-5-7-14)16(18-12)17-10-15-9-8-13(2)20-15/h8-9,11,14H,3-7,10H2,1-2H3,(H,17,18). The summed E-state index contributed by atoms with van der Waals surface area (Å²) in [6.07, 6.45) is 8.89. The molecule has 1 N–H and O–H groups in total. The van der Waals surface area contributed by atoms with E-state index in [0.29, 0.717) is 6.04 Å². The van der Waals surface area contributed by atoms with Gasteiger partial charge in [0.05, 0.1) is 12.2 Å². The molecule has 1 saturated carbocycles. The first-order chi connectivity index (χ1) is 9.72. The van der Waals surface area contributed by atoms with Gasteiger partial charge in [0.2, 0.25) is 5.95 Å². The number of hydrogen-bond acceptors (Lipinski definition) is 3. The van der Waals surface area contributed by atoms with Crippen LogP contribution in [0.2, 0.25) is 0 Å². The number of rotatable bonds is 4. The van der Waals surface area contributed by atoms with Crippen LogP contribution in [-0.2, 0) is 6.54 Å². The number of thiophene rings is 1. The lowest BCUT2D eigenvalue weighted by molar-refractivity contribution is 0.355. The van der Waals surface area contributed by atoms with Gasteiger partial charge in [0, 0.05) is 22.0 Å². The van der Waals surface area contributed by atoms with Crippen molar-refractivity contribution in [2.45, 2.75) is 58.5 Å². The second-order valence-corrected chi connectivity index (χ2v) is 7.14. The fraction of sp³-hybridized carbons (Fsp3) is 0.562. The summed E-state index contributed by atoms with van der Waals surface area (Å²) in [5.41, 5.74) is 1.11. The Morgan fingerprint density at radius 1 is 1.25 bits per heavy atom. The van der Waals surface area contributed by atoms with Crippen molar-refractivity contribution in [2.75, 3.05) is 5.32 Å². The SMILES string of the molecule is Cc1cn(C2CCCCC2)c(NCc2ccc(C)s2)n1. The van der Waals surface area contributed by atoms with Crippen molar-refractivity contribution in [1.29, 1.82) is 0 Å². The van der Waals surface area contributed by atoms with Crippen molar-refractivity contribution in [2.24, 2.45) is 0 Å². The first-order valence-electron chi connectivity index (χ1n) is 7.57. The maximum atomic E-state index is 4.66. The van der Waals surface area contributed by atoms with E-state index in [-0.39, 0.29) is 0 Å². The fourth-order valence-electron chi connectivity index (χ4n) is 3.03. The van der Waals surface area contributed by atoms with Crippen LogP contribution in [0.15, 0.2) is 18.3 Å². The monoisotopic (exact) mass is 289 g/mol. The molecule has 1 fully saturated rings. The average Bonchev–Trinajstić information content (AvgIpc) is 3.03. The lowest BCUT2D eigenvalue weighted by Gasteiger charge is -2.24. The van der Waals surface area contributed by atoms with Crippen LogP contribution >= 0.6 is 11.3 Å². The minimum Gasteiger partial charge on any atom is -0.351 e. The lowest BCUT2D eigenvalue weighted by Crippen LogP contribution is -2.15. The summed E-state index contributed by atoms with van der Waals surface area (Å²) < 4.78 is 2.37. The average molecular weight is 289 g/mol. The molecular weight excluding hydrogens is 266 g/mol. The van der Waals surface area contributed by atoms with Gasteiger partial charge in [-0.3, -0.25) is 0 Å². The number of hydrogen-bond donors (Lipinski definition) is 1. The largest absolute Gasteiger partial charge is 0.351 e. The van der Waals surface area contributed by atoms with E-state index in [1.807, 2.05) is 11.3 Å². The van der Waals surface area contributed by atoms with Gasteiger partial charge in [-0.15, -0.1) is 11.3 Å². The third-order valence-electron chi connectivity index (χ3n) is 4.04. The molecule has 108 valence electrons. The lowest BCUT2D eigenvalue weighted by atomic mass is 9.95. The van der Waals surface area contributed by atoms with Gasteiger partial charge < -0.3 is 9.88 Å². The number of aromatic nitrogens is 2. The maximum absolute atomic E-state index is 4.66. The zero-order valence-electron chi connectivity index (χ0n) is 12.4. The summed E-state index contributed by atoms with van der Waals surface area (Å²) in [4.78, 5) is 7.41. The molecule has 3 nitrogen and oxygen atoms in total. The van der Waals surface area contributed by atoms with Crippen LogP contribution in [0.1, 0.15) is 53.6 Å². The Balaban J connectivity index is 1.71. The molecule has 0 amide bonds. The summed E-state index contributed by atoms with van der Waals surface area (Å²) in [5.74, 6) is 1.04. The highest BCUT2D eigenvalue weighted by molar-refractivity contribution is 7.11. The number of nitrogens with zero attached hydrogens (tertiary/aromatic N) is 2. The van der Waals surface area contributed by atoms with Gasteiger partial charge in [-0.05, 0) is 38.8 Å². The highest BCUT2D eigenvalue weighted by Crippen LogP contribution is 2.31. The van der Waals surface area contributed by atoms with E-state index >= 15 is 0 Å². The van der Waals surface area contributed by atoms with Crippen LogP contribution in [0.4, 0.5) is 5.95 Å². The Hall–Kier alpha value is -1.29. The second kappa shape index (κ2) is 6.00. The molecule has 3 rings (SSSR count). The van der Waals surface area contributed by atoms with Crippen molar-refractivity contribution >= 4 is 17.3 Å². The Bertz CT molecular complexity index is 564. The molecule has 2 aromatic heterocycles. The number of aryl methyl sites for hydroxylation is 2. The molecule has 0 aromatic carbocycles. The normalized spacial score (nSPS) is 16.5. The maximum Gasteiger partial charge on any atom is 0.203 e. The molecule has 1 aliphatic rings. The third kappa shape index (κ3) is 3.06. The van der Waals surface area contributed by atoms with E-state index < -0.39 is 0 Å². The number of imidazole rings is 1. The molecule has 0 aliphatic heterocycles. The van der Waals surface area contributed by atoms with Crippen LogP contribution in [0.5, 0.6) is 0 Å². The molecule has 1 aliphatic carbocycles. The van der Waals surface area contributed by atoms with Crippen LogP contribution in [0, 0.1) is 13.8 Å². The van der Waals surface area contributed by atoms with E-state index in [2.05, 4.69) is 47.0 Å². The van der Waals surface area contributed by atoms with Gasteiger partial charge >= 0.3 is 0 Å². The van der Waals surface area contributed by atoms with Crippen LogP contribution in [0.3, 0.4) is 0 Å². The molecule has 0 unspecified atom stereocenters. The molecule has 0 bridgehead atoms. The van der Waals surface area contributed by atoms with Crippen molar-refractivity contribution in [3.63, 3.8) is 0 Å². The minimum absolute atomic E-state index is 0.637. The Morgan fingerprint density at radius 3 is 2.75 bits per heavy atom. The predicted octanol–water partition coefficient (Wildman–Crippen LogP) is 4.68. The first-order valence-corrected chi connectivity index (χ1v) is 8.38. The molecule has 2 aromatic rings. The van der Waals surface area contributed by atoms with Crippen LogP contribution in [0.25, 0.3) is 0 Å². The fourth-order valence-corrected chi connectivity index (χ4v) is 3.86. The highest BCUT2D eigenvalue weighted by atomic mass is 32.1. The summed E-state index contributed by atoms with van der Waals surface area (Å²) in [7, 11) is 0. The zero-order valence-corrected chi connectivity index (χ0v) is 13.2. The predicted molar refractivity (Wildman–Crippen MR) is 85.5 cm³/mol. The summed E-state index contributed by atoms with van der Waals surface area (Å²) in [6.45, 7) is 5.11. The molecule has 20 heavy (non-hydrogen) atoms. The molecule has 0 radical (unpaired) electrons. The minimum atomic E-state index is 0.637. The second-order valence-electron chi connectivity index (χ2n) is 5.77. The molecule has 2 heterocycles. The van der Waals surface area contributed by atoms with Gasteiger partial charge in [-0.2, -0.15) is 0 Å². The van der Waals surface area contributed by atoms with E-state index in [1.165, 1.54) is 41.9 Å². The van der Waals surface area contributed by atoms with Crippen LogP contribution < -0.4 is 5.32 Å². The van der Waals surface area contributed by atoms with Gasteiger partial charge in [-0.1, -0.05) is 19.3 Å². The van der Waals surface area contributed by atoms with Gasteiger partial charge in [-0.25, -0.2) is 4.98 Å². The van der Waals surface area contributed by atoms with Crippen molar-refractivity contribution in [1.82, 2.24) is 9.55 Å². The highest BCUT2D eigenvalue weighted by Gasteiger charge is 2.18. The number of nitrogens with one attached hydrogen (secondary N) is 1. The molecule has 0 atom stereocenters. The third-order valence-corrected chi connectivity index (χ3v) is 5.04. The molecule has 0 spiro atoms. The molecular formula is C16H23N3S.